The fourth-order valence-corrected chi connectivity index (χ4v) is 2.60. The van der Waals surface area contributed by atoms with Crippen LogP contribution in [0.15, 0.2) is 12.4 Å². The molecule has 1 aliphatic rings. The molecule has 1 aromatic heterocycles. The monoisotopic (exact) mass is 250 g/mol. The normalized spacial score (nSPS) is 21.0. The maximum Gasteiger partial charge on any atom is 0.0534 e. The molecule has 1 unspecified atom stereocenters. The van der Waals surface area contributed by atoms with Crippen LogP contribution in [-0.2, 0) is 13.1 Å². The molecular formula is C14H26N4. The zero-order valence-electron chi connectivity index (χ0n) is 11.9. The van der Waals surface area contributed by atoms with Crippen molar-refractivity contribution < 1.29 is 0 Å². The number of nitrogens with one attached hydrogen (secondary N) is 1. The van der Waals surface area contributed by atoms with Crippen LogP contribution in [0.5, 0.6) is 0 Å². The van der Waals surface area contributed by atoms with E-state index in [4.69, 9.17) is 0 Å². The van der Waals surface area contributed by atoms with E-state index in [1.54, 1.807) is 0 Å². The van der Waals surface area contributed by atoms with Gasteiger partial charge >= 0.3 is 0 Å². The lowest BCUT2D eigenvalue weighted by Crippen LogP contribution is -2.39. The van der Waals surface area contributed by atoms with Gasteiger partial charge in [0.05, 0.1) is 6.20 Å². The molecule has 1 atom stereocenters. The van der Waals surface area contributed by atoms with E-state index in [1.807, 2.05) is 10.9 Å². The first-order valence-electron chi connectivity index (χ1n) is 7.17. The smallest absolute Gasteiger partial charge is 0.0534 e. The van der Waals surface area contributed by atoms with Gasteiger partial charge in [-0.25, -0.2) is 0 Å². The molecule has 102 valence electrons. The van der Waals surface area contributed by atoms with Crippen LogP contribution in [0.25, 0.3) is 0 Å². The maximum atomic E-state index is 4.35. The van der Waals surface area contributed by atoms with E-state index >= 15 is 0 Å². The van der Waals surface area contributed by atoms with Crippen molar-refractivity contribution >= 4 is 0 Å². The molecule has 18 heavy (non-hydrogen) atoms. The van der Waals surface area contributed by atoms with Crippen LogP contribution in [-0.4, -0.2) is 39.9 Å². The van der Waals surface area contributed by atoms with E-state index in [0.717, 1.165) is 19.6 Å². The second-order valence-electron chi connectivity index (χ2n) is 5.53. The highest BCUT2D eigenvalue weighted by atomic mass is 15.3. The molecule has 2 heterocycles. The average Bonchev–Trinajstić information content (AvgIpc) is 2.96. The highest BCUT2D eigenvalue weighted by Crippen LogP contribution is 2.19. The Morgan fingerprint density at radius 1 is 1.50 bits per heavy atom. The van der Waals surface area contributed by atoms with Crippen molar-refractivity contribution in [3.63, 3.8) is 0 Å². The molecule has 0 radical (unpaired) electrons. The summed E-state index contributed by atoms with van der Waals surface area (Å²) in [5.74, 6) is 0. The molecule has 0 saturated carbocycles. The molecule has 2 rings (SSSR count). The molecule has 1 aromatic rings. The van der Waals surface area contributed by atoms with Gasteiger partial charge in [0, 0.05) is 43.5 Å². The Labute approximate surface area is 110 Å². The Balaban J connectivity index is 1.87. The first-order valence-corrected chi connectivity index (χ1v) is 7.17. The molecule has 1 fully saturated rings. The van der Waals surface area contributed by atoms with Crippen molar-refractivity contribution in [2.24, 2.45) is 0 Å². The molecule has 0 spiro atoms. The van der Waals surface area contributed by atoms with Crippen LogP contribution in [0.1, 0.15) is 39.2 Å². The molecule has 4 nitrogen and oxygen atoms in total. The third-order valence-corrected chi connectivity index (χ3v) is 3.66. The van der Waals surface area contributed by atoms with Crippen molar-refractivity contribution in [1.82, 2.24) is 20.0 Å². The van der Waals surface area contributed by atoms with E-state index in [2.05, 4.69) is 42.3 Å². The number of nitrogens with zero attached hydrogens (tertiary/aromatic N) is 3. The van der Waals surface area contributed by atoms with E-state index in [9.17, 15) is 0 Å². The van der Waals surface area contributed by atoms with E-state index in [-0.39, 0.29) is 0 Å². The van der Waals surface area contributed by atoms with Crippen LogP contribution < -0.4 is 5.32 Å². The summed E-state index contributed by atoms with van der Waals surface area (Å²) < 4.78 is 2.01. The van der Waals surface area contributed by atoms with Gasteiger partial charge in [0.1, 0.15) is 0 Å². The van der Waals surface area contributed by atoms with Gasteiger partial charge < -0.3 is 5.32 Å². The predicted octanol–water partition coefficient (Wildman–Crippen LogP) is 1.87. The van der Waals surface area contributed by atoms with Crippen molar-refractivity contribution in [3.8, 4) is 0 Å². The van der Waals surface area contributed by atoms with Gasteiger partial charge in [0.15, 0.2) is 0 Å². The second-order valence-corrected chi connectivity index (χ2v) is 5.53. The molecule has 4 heteroatoms. The number of aromatic nitrogens is 2. The van der Waals surface area contributed by atoms with E-state index in [1.165, 1.54) is 24.9 Å². The van der Waals surface area contributed by atoms with Crippen molar-refractivity contribution in [1.29, 1.82) is 0 Å². The van der Waals surface area contributed by atoms with Gasteiger partial charge in [-0.2, -0.15) is 5.10 Å². The second kappa shape index (κ2) is 6.34. The quantitative estimate of drug-likeness (QED) is 0.836. The van der Waals surface area contributed by atoms with Crippen molar-refractivity contribution in [2.45, 2.75) is 58.8 Å². The molecule has 0 amide bonds. The summed E-state index contributed by atoms with van der Waals surface area (Å²) in [4.78, 5) is 2.59. The highest BCUT2D eigenvalue weighted by Gasteiger charge is 2.24. The number of aryl methyl sites for hydroxylation is 1. The Kier molecular flexibility index (Phi) is 4.78. The Morgan fingerprint density at radius 3 is 3.00 bits per heavy atom. The van der Waals surface area contributed by atoms with Gasteiger partial charge in [-0.05, 0) is 26.3 Å². The highest BCUT2D eigenvalue weighted by molar-refractivity contribution is 5.04. The van der Waals surface area contributed by atoms with Crippen LogP contribution in [0.3, 0.4) is 0 Å². The van der Waals surface area contributed by atoms with Gasteiger partial charge in [-0.15, -0.1) is 0 Å². The summed E-state index contributed by atoms with van der Waals surface area (Å²) in [6.07, 6.45) is 6.83. The third kappa shape index (κ3) is 3.56. The van der Waals surface area contributed by atoms with Crippen LogP contribution in [0, 0.1) is 0 Å². The first-order chi connectivity index (χ1) is 8.69. The number of hydrogen-bond donors (Lipinski definition) is 1. The summed E-state index contributed by atoms with van der Waals surface area (Å²) in [5, 5.41) is 7.91. The molecule has 1 aliphatic heterocycles. The van der Waals surface area contributed by atoms with E-state index in [0.29, 0.717) is 12.1 Å². The summed E-state index contributed by atoms with van der Waals surface area (Å²) in [6.45, 7) is 10.9. The lowest BCUT2D eigenvalue weighted by Gasteiger charge is -2.25. The third-order valence-electron chi connectivity index (χ3n) is 3.66. The Bertz CT molecular complexity index is 358. The van der Waals surface area contributed by atoms with Crippen LogP contribution >= 0.6 is 0 Å². The first kappa shape index (κ1) is 13.6. The van der Waals surface area contributed by atoms with Crippen LogP contribution in [0.4, 0.5) is 0 Å². The number of likely N-dealkylation sites (tertiary alicyclic amines) is 1. The summed E-state index contributed by atoms with van der Waals surface area (Å²) >= 11 is 0. The molecule has 0 aromatic carbocycles. The summed E-state index contributed by atoms with van der Waals surface area (Å²) in [6, 6.07) is 1.27. The van der Waals surface area contributed by atoms with Gasteiger partial charge in [-0.3, -0.25) is 9.58 Å². The fraction of sp³-hybridized carbons (Fsp3) is 0.786. The van der Waals surface area contributed by atoms with E-state index < -0.39 is 0 Å². The largest absolute Gasteiger partial charge is 0.313 e. The lowest BCUT2D eigenvalue weighted by molar-refractivity contribution is 0.236. The molecular weight excluding hydrogens is 224 g/mol. The molecule has 1 saturated heterocycles. The molecule has 0 bridgehead atoms. The SMILES string of the molecule is CCn1cc(CN2CCCC2CNC(C)C)cn1. The zero-order chi connectivity index (χ0) is 13.0. The number of rotatable bonds is 6. The summed E-state index contributed by atoms with van der Waals surface area (Å²) in [7, 11) is 0. The van der Waals surface area contributed by atoms with Gasteiger partial charge in [0.2, 0.25) is 0 Å². The Morgan fingerprint density at radius 2 is 2.33 bits per heavy atom. The fourth-order valence-electron chi connectivity index (χ4n) is 2.60. The minimum absolute atomic E-state index is 0.579. The lowest BCUT2D eigenvalue weighted by atomic mass is 10.2. The Hall–Kier alpha value is -0.870. The summed E-state index contributed by atoms with van der Waals surface area (Å²) in [5.41, 5.74) is 1.34. The zero-order valence-corrected chi connectivity index (χ0v) is 11.9. The molecule has 0 aliphatic carbocycles. The molecule has 1 N–H and O–H groups in total. The topological polar surface area (TPSA) is 33.1 Å². The minimum atomic E-state index is 0.579. The van der Waals surface area contributed by atoms with Gasteiger partial charge in [0.25, 0.3) is 0 Å². The average molecular weight is 250 g/mol. The number of hydrogen-bond acceptors (Lipinski definition) is 3. The predicted molar refractivity (Wildman–Crippen MR) is 74.5 cm³/mol. The minimum Gasteiger partial charge on any atom is -0.313 e. The van der Waals surface area contributed by atoms with Crippen molar-refractivity contribution in [2.75, 3.05) is 13.1 Å². The maximum absolute atomic E-state index is 4.35. The van der Waals surface area contributed by atoms with Crippen molar-refractivity contribution in [3.05, 3.63) is 18.0 Å². The van der Waals surface area contributed by atoms with Crippen LogP contribution in [0.2, 0.25) is 0 Å². The standard InChI is InChI=1S/C14H26N4/c1-4-18-11-13(8-16-18)10-17-7-5-6-14(17)9-15-12(2)3/h8,11-12,14-15H,4-7,9-10H2,1-3H3. The van der Waals surface area contributed by atoms with Gasteiger partial charge in [-0.1, -0.05) is 13.8 Å².